The Hall–Kier alpha value is -1.05. The third-order valence-corrected chi connectivity index (χ3v) is 3.75. The van der Waals surface area contributed by atoms with Crippen molar-refractivity contribution in [3.05, 3.63) is 24.0 Å². The van der Waals surface area contributed by atoms with Crippen LogP contribution in [0.1, 0.15) is 38.3 Å². The minimum atomic E-state index is 0.849. The molecule has 0 saturated heterocycles. The van der Waals surface area contributed by atoms with Crippen molar-refractivity contribution in [2.24, 2.45) is 11.8 Å². The normalized spacial score (nSPS) is 25.4. The molecule has 0 aliphatic heterocycles. The Balaban J connectivity index is 1.86. The monoisotopic (exact) mass is 218 g/mol. The molecule has 0 spiro atoms. The Morgan fingerprint density at radius 3 is 2.94 bits per heavy atom. The van der Waals surface area contributed by atoms with E-state index in [1.54, 1.807) is 0 Å². The molecule has 0 aromatic carbocycles. The van der Waals surface area contributed by atoms with Gasteiger partial charge in [0.2, 0.25) is 0 Å². The maximum atomic E-state index is 4.21. The molecule has 1 saturated carbocycles. The first-order valence-corrected chi connectivity index (χ1v) is 6.42. The molecule has 1 aromatic rings. The molecule has 0 amide bonds. The minimum absolute atomic E-state index is 0.849. The van der Waals surface area contributed by atoms with Crippen LogP contribution in [0.4, 0.5) is 5.69 Å². The second kappa shape index (κ2) is 5.33. The summed E-state index contributed by atoms with van der Waals surface area (Å²) in [4.78, 5) is 4.21. The average Bonchev–Trinajstić information content (AvgIpc) is 2.28. The highest BCUT2D eigenvalue weighted by Crippen LogP contribution is 2.29. The summed E-state index contributed by atoms with van der Waals surface area (Å²) in [5, 5.41) is 3.55. The van der Waals surface area contributed by atoms with Gasteiger partial charge in [-0.3, -0.25) is 4.98 Å². The first kappa shape index (κ1) is 11.4. The fourth-order valence-electron chi connectivity index (χ4n) is 2.60. The highest BCUT2D eigenvalue weighted by Gasteiger charge is 2.20. The fraction of sp³-hybridized carbons (Fsp3) is 0.643. The van der Waals surface area contributed by atoms with Gasteiger partial charge >= 0.3 is 0 Å². The second-order valence-corrected chi connectivity index (χ2v) is 5.09. The predicted molar refractivity (Wildman–Crippen MR) is 68.6 cm³/mol. The van der Waals surface area contributed by atoms with Crippen molar-refractivity contribution in [1.82, 2.24) is 4.98 Å². The number of aromatic nitrogens is 1. The van der Waals surface area contributed by atoms with Gasteiger partial charge < -0.3 is 5.32 Å². The molecular weight excluding hydrogens is 196 g/mol. The molecule has 2 rings (SSSR count). The molecule has 2 atom stereocenters. The van der Waals surface area contributed by atoms with E-state index < -0.39 is 0 Å². The van der Waals surface area contributed by atoms with Crippen LogP contribution >= 0.6 is 0 Å². The number of hydrogen-bond donors (Lipinski definition) is 1. The lowest BCUT2D eigenvalue weighted by molar-refractivity contribution is 0.268. The molecule has 1 heterocycles. The van der Waals surface area contributed by atoms with E-state index in [-0.39, 0.29) is 0 Å². The third-order valence-electron chi connectivity index (χ3n) is 3.75. The van der Waals surface area contributed by atoms with E-state index in [0.29, 0.717) is 0 Å². The van der Waals surface area contributed by atoms with E-state index in [1.807, 2.05) is 13.1 Å². The molecule has 2 unspecified atom stereocenters. The molecular formula is C14H22N2. The summed E-state index contributed by atoms with van der Waals surface area (Å²) >= 11 is 0. The van der Waals surface area contributed by atoms with Crippen LogP contribution in [0.3, 0.4) is 0 Å². The van der Waals surface area contributed by atoms with Gasteiger partial charge in [-0.2, -0.15) is 0 Å². The predicted octanol–water partition coefficient (Wildman–Crippen LogP) is 3.63. The summed E-state index contributed by atoms with van der Waals surface area (Å²) in [5.41, 5.74) is 2.30. The highest BCUT2D eigenvalue weighted by molar-refractivity contribution is 5.42. The van der Waals surface area contributed by atoms with Crippen molar-refractivity contribution in [2.75, 3.05) is 11.9 Å². The molecule has 1 aliphatic carbocycles. The van der Waals surface area contributed by atoms with E-state index in [9.17, 15) is 0 Å². The highest BCUT2D eigenvalue weighted by atomic mass is 14.9. The number of anilines is 1. The van der Waals surface area contributed by atoms with Crippen molar-refractivity contribution in [3.63, 3.8) is 0 Å². The summed E-state index contributed by atoms with van der Waals surface area (Å²) in [5.74, 6) is 1.73. The van der Waals surface area contributed by atoms with Crippen LogP contribution in [0.2, 0.25) is 0 Å². The number of pyridine rings is 1. The molecule has 1 fully saturated rings. The largest absolute Gasteiger partial charge is 0.385 e. The first-order valence-electron chi connectivity index (χ1n) is 6.42. The molecule has 1 aromatic heterocycles. The standard InChI is InChI=1S/C14H22N2/c1-11-5-3-4-6-13(11)10-16-14-7-8-15-12(2)9-14/h7-9,11,13H,3-6,10H2,1-2H3,(H,15,16). The summed E-state index contributed by atoms with van der Waals surface area (Å²) < 4.78 is 0. The summed E-state index contributed by atoms with van der Waals surface area (Å²) in [6.45, 7) is 5.54. The van der Waals surface area contributed by atoms with E-state index in [0.717, 1.165) is 24.1 Å². The van der Waals surface area contributed by atoms with E-state index in [1.165, 1.54) is 31.4 Å². The van der Waals surface area contributed by atoms with Crippen molar-refractivity contribution in [2.45, 2.75) is 39.5 Å². The number of hydrogen-bond acceptors (Lipinski definition) is 2. The topological polar surface area (TPSA) is 24.9 Å². The maximum Gasteiger partial charge on any atom is 0.0393 e. The number of rotatable bonds is 3. The zero-order chi connectivity index (χ0) is 11.4. The van der Waals surface area contributed by atoms with E-state index >= 15 is 0 Å². The Morgan fingerprint density at radius 1 is 1.38 bits per heavy atom. The van der Waals surface area contributed by atoms with Crippen LogP contribution in [0.25, 0.3) is 0 Å². The van der Waals surface area contributed by atoms with Gasteiger partial charge in [0, 0.05) is 24.1 Å². The van der Waals surface area contributed by atoms with Gasteiger partial charge in [0.15, 0.2) is 0 Å². The summed E-state index contributed by atoms with van der Waals surface area (Å²) in [6.07, 6.45) is 7.50. The van der Waals surface area contributed by atoms with Crippen LogP contribution in [0.5, 0.6) is 0 Å². The number of nitrogens with one attached hydrogen (secondary N) is 1. The van der Waals surface area contributed by atoms with E-state index in [4.69, 9.17) is 0 Å². The van der Waals surface area contributed by atoms with Crippen molar-refractivity contribution < 1.29 is 0 Å². The van der Waals surface area contributed by atoms with Gasteiger partial charge in [0.25, 0.3) is 0 Å². The molecule has 2 nitrogen and oxygen atoms in total. The molecule has 0 radical (unpaired) electrons. The molecule has 1 aliphatic rings. The molecule has 88 valence electrons. The van der Waals surface area contributed by atoms with Crippen molar-refractivity contribution >= 4 is 5.69 Å². The average molecular weight is 218 g/mol. The van der Waals surface area contributed by atoms with Gasteiger partial charge in [0.1, 0.15) is 0 Å². The van der Waals surface area contributed by atoms with Gasteiger partial charge in [-0.15, -0.1) is 0 Å². The number of nitrogens with zero attached hydrogens (tertiary/aromatic N) is 1. The van der Waals surface area contributed by atoms with Crippen LogP contribution in [0, 0.1) is 18.8 Å². The van der Waals surface area contributed by atoms with Crippen LogP contribution in [-0.2, 0) is 0 Å². The maximum absolute atomic E-state index is 4.21. The quantitative estimate of drug-likeness (QED) is 0.838. The van der Waals surface area contributed by atoms with Crippen molar-refractivity contribution in [1.29, 1.82) is 0 Å². The van der Waals surface area contributed by atoms with Gasteiger partial charge in [-0.25, -0.2) is 0 Å². The SMILES string of the molecule is Cc1cc(NCC2CCCCC2C)ccn1. The lowest BCUT2D eigenvalue weighted by Gasteiger charge is -2.29. The third kappa shape index (κ3) is 2.97. The molecule has 0 bridgehead atoms. The molecule has 2 heteroatoms. The molecule has 1 N–H and O–H groups in total. The van der Waals surface area contributed by atoms with Crippen LogP contribution in [0.15, 0.2) is 18.3 Å². The number of aryl methyl sites for hydroxylation is 1. The van der Waals surface area contributed by atoms with Gasteiger partial charge in [-0.1, -0.05) is 26.2 Å². The zero-order valence-corrected chi connectivity index (χ0v) is 10.4. The lowest BCUT2D eigenvalue weighted by atomic mass is 9.80. The van der Waals surface area contributed by atoms with Gasteiger partial charge in [-0.05, 0) is 37.3 Å². The Morgan fingerprint density at radius 2 is 2.19 bits per heavy atom. The van der Waals surface area contributed by atoms with E-state index in [2.05, 4.69) is 29.4 Å². The minimum Gasteiger partial charge on any atom is -0.385 e. The molecule has 16 heavy (non-hydrogen) atoms. The fourth-order valence-corrected chi connectivity index (χ4v) is 2.60. The summed E-state index contributed by atoms with van der Waals surface area (Å²) in [7, 11) is 0. The van der Waals surface area contributed by atoms with Crippen molar-refractivity contribution in [3.8, 4) is 0 Å². The van der Waals surface area contributed by atoms with Crippen LogP contribution < -0.4 is 5.32 Å². The Labute approximate surface area is 98.5 Å². The van der Waals surface area contributed by atoms with Gasteiger partial charge in [0.05, 0.1) is 0 Å². The zero-order valence-electron chi connectivity index (χ0n) is 10.4. The Bertz CT molecular complexity index is 335. The van der Waals surface area contributed by atoms with Crippen LogP contribution in [-0.4, -0.2) is 11.5 Å². The smallest absolute Gasteiger partial charge is 0.0393 e. The second-order valence-electron chi connectivity index (χ2n) is 5.09. The Kier molecular flexibility index (Phi) is 3.81. The summed E-state index contributed by atoms with van der Waals surface area (Å²) in [6, 6.07) is 4.17. The lowest BCUT2D eigenvalue weighted by Crippen LogP contribution is -2.24. The first-order chi connectivity index (χ1) is 7.75.